The van der Waals surface area contributed by atoms with Crippen LogP contribution in [0.25, 0.3) is 0 Å². The minimum atomic E-state index is -0.420. The number of anilines is 4. The van der Waals surface area contributed by atoms with Crippen molar-refractivity contribution in [2.75, 3.05) is 61.7 Å². The lowest BCUT2D eigenvalue weighted by atomic mass is 10.1. The van der Waals surface area contributed by atoms with Gasteiger partial charge in [-0.2, -0.15) is 10.2 Å². The lowest BCUT2D eigenvalue weighted by Gasteiger charge is -2.18. The summed E-state index contributed by atoms with van der Waals surface area (Å²) >= 11 is 0. The van der Waals surface area contributed by atoms with Crippen LogP contribution in [0.5, 0.6) is 17.2 Å². The number of hydrogen-bond acceptors (Lipinski definition) is 11. The topological polar surface area (TPSA) is 201 Å². The lowest BCUT2D eigenvalue weighted by molar-refractivity contribution is -0.131. The number of aromatic nitrogens is 5. The molecule has 17 nitrogen and oxygen atoms in total. The first kappa shape index (κ1) is 41.9. The van der Waals surface area contributed by atoms with Crippen LogP contribution in [0.4, 0.5) is 22.7 Å². The lowest BCUT2D eigenvalue weighted by Crippen LogP contribution is -2.33. The standard InChI is InChI=1S/C43H46N10O7/c1-50(41(55)29-52-28-33(25-47-52)49-43(57)38-26-45-19-16-39(38)44)20-23-60-36-12-8-31(9-13-36)17-21-58-37-14-10-34(11-15-37)51(2)42(56)30-53-27-32(24-46-53)48-40(54)18-22-59-35-6-4-3-5-7-35/h3-16,19,24-28H,17-18,20-23,29-30H2,1-2H3,(H2,44,45)(H,48,54)(H,49,57). The van der Waals surface area contributed by atoms with E-state index < -0.39 is 5.91 Å². The molecule has 0 atom stereocenters. The van der Waals surface area contributed by atoms with Crippen molar-refractivity contribution in [2.45, 2.75) is 25.9 Å². The average molecular weight is 815 g/mol. The third kappa shape index (κ3) is 12.4. The molecular weight excluding hydrogens is 769 g/mol. The number of para-hydroxylation sites is 1. The fourth-order valence-corrected chi connectivity index (χ4v) is 5.70. The molecule has 0 aliphatic carbocycles. The van der Waals surface area contributed by atoms with E-state index >= 15 is 0 Å². The summed E-state index contributed by atoms with van der Waals surface area (Å²) in [5, 5.41) is 13.9. The van der Waals surface area contributed by atoms with Crippen LogP contribution in [0.1, 0.15) is 22.3 Å². The normalized spacial score (nSPS) is 10.7. The maximum atomic E-state index is 13.0. The van der Waals surface area contributed by atoms with Crippen molar-refractivity contribution in [3.8, 4) is 17.2 Å². The monoisotopic (exact) mass is 814 g/mol. The van der Waals surface area contributed by atoms with Crippen molar-refractivity contribution in [1.29, 1.82) is 0 Å². The maximum absolute atomic E-state index is 13.0. The van der Waals surface area contributed by atoms with E-state index in [4.69, 9.17) is 19.9 Å². The number of nitrogen functional groups attached to an aromatic ring is 1. The Bertz CT molecular complexity index is 2350. The summed E-state index contributed by atoms with van der Waals surface area (Å²) in [7, 11) is 3.38. The van der Waals surface area contributed by atoms with Gasteiger partial charge in [-0.15, -0.1) is 0 Å². The van der Waals surface area contributed by atoms with Gasteiger partial charge in [-0.25, -0.2) is 0 Å². The van der Waals surface area contributed by atoms with Gasteiger partial charge in [0.15, 0.2) is 0 Å². The molecule has 17 heteroatoms. The summed E-state index contributed by atoms with van der Waals surface area (Å²) < 4.78 is 20.3. The van der Waals surface area contributed by atoms with E-state index in [1.165, 1.54) is 39.1 Å². The van der Waals surface area contributed by atoms with Crippen molar-refractivity contribution in [3.63, 3.8) is 0 Å². The van der Waals surface area contributed by atoms with E-state index in [1.54, 1.807) is 37.5 Å². The van der Waals surface area contributed by atoms with Crippen LogP contribution in [0.3, 0.4) is 0 Å². The number of ether oxygens (including phenoxy) is 3. The molecule has 4 N–H and O–H groups in total. The number of amides is 4. The van der Waals surface area contributed by atoms with E-state index in [0.29, 0.717) is 66.2 Å². The third-order valence-electron chi connectivity index (χ3n) is 9.15. The molecule has 3 aromatic heterocycles. The smallest absolute Gasteiger partial charge is 0.259 e. The van der Waals surface area contributed by atoms with Crippen LogP contribution in [-0.2, 0) is 33.9 Å². The predicted octanol–water partition coefficient (Wildman–Crippen LogP) is 4.54. The van der Waals surface area contributed by atoms with Gasteiger partial charge in [0.25, 0.3) is 5.91 Å². The first-order chi connectivity index (χ1) is 29.1. The number of likely N-dealkylation sites (N-methyl/N-ethyl adjacent to an activating group) is 2. The zero-order chi connectivity index (χ0) is 42.3. The predicted molar refractivity (Wildman–Crippen MR) is 225 cm³/mol. The number of hydrogen-bond donors (Lipinski definition) is 3. The van der Waals surface area contributed by atoms with Crippen LogP contribution in [0, 0.1) is 0 Å². The number of nitrogens with one attached hydrogen (secondary N) is 2. The van der Waals surface area contributed by atoms with E-state index in [1.807, 2.05) is 78.9 Å². The van der Waals surface area contributed by atoms with Gasteiger partial charge >= 0.3 is 0 Å². The Morgan fingerprint density at radius 3 is 1.97 bits per heavy atom. The van der Waals surface area contributed by atoms with E-state index in [-0.39, 0.29) is 49.4 Å². The molecule has 0 saturated heterocycles. The number of rotatable bonds is 20. The van der Waals surface area contributed by atoms with Gasteiger partial charge in [0.1, 0.15) is 36.9 Å². The second kappa shape index (κ2) is 20.6. The van der Waals surface area contributed by atoms with Crippen LogP contribution in [0.15, 0.2) is 122 Å². The Balaban J connectivity index is 0.847. The fourth-order valence-electron chi connectivity index (χ4n) is 5.70. The average Bonchev–Trinajstić information content (AvgIpc) is 3.89. The number of benzene rings is 3. The summed E-state index contributed by atoms with van der Waals surface area (Å²) in [5.41, 5.74) is 9.08. The van der Waals surface area contributed by atoms with Crippen molar-refractivity contribution >= 4 is 46.4 Å². The SMILES string of the molecule is CN(CCOc1ccc(CCOc2ccc(N(C)C(=O)Cn3cc(NC(=O)CCOc4ccccc4)cn3)cc2)cc1)C(=O)Cn1cc(NC(=O)c2cnccc2N)cn1. The first-order valence-electron chi connectivity index (χ1n) is 19.1. The highest BCUT2D eigenvalue weighted by Crippen LogP contribution is 2.20. The molecule has 0 fully saturated rings. The molecule has 0 spiro atoms. The number of carbonyl (C=O) groups excluding carboxylic acids is 4. The summed E-state index contributed by atoms with van der Waals surface area (Å²) in [6, 6.07) is 25.8. The molecule has 4 amide bonds. The molecule has 60 heavy (non-hydrogen) atoms. The highest BCUT2D eigenvalue weighted by molar-refractivity contribution is 6.07. The Kier molecular flexibility index (Phi) is 14.4. The molecule has 6 aromatic rings. The Hall–Kier alpha value is -7.69. The number of carbonyl (C=O) groups is 4. The first-order valence-corrected chi connectivity index (χ1v) is 19.1. The van der Waals surface area contributed by atoms with Gasteiger partial charge in [-0.05, 0) is 60.2 Å². The van der Waals surface area contributed by atoms with Crippen molar-refractivity contribution in [1.82, 2.24) is 29.4 Å². The van der Waals surface area contributed by atoms with E-state index in [2.05, 4.69) is 25.8 Å². The van der Waals surface area contributed by atoms with Crippen LogP contribution in [-0.4, -0.2) is 93.5 Å². The van der Waals surface area contributed by atoms with Gasteiger partial charge in [0.2, 0.25) is 17.7 Å². The second-order valence-electron chi connectivity index (χ2n) is 13.6. The highest BCUT2D eigenvalue weighted by Gasteiger charge is 2.16. The highest BCUT2D eigenvalue weighted by atomic mass is 16.5. The summed E-state index contributed by atoms with van der Waals surface area (Å²) in [6.07, 6.45) is 9.86. The molecule has 3 aromatic carbocycles. The molecule has 0 bridgehead atoms. The van der Waals surface area contributed by atoms with Gasteiger partial charge in [-0.1, -0.05) is 30.3 Å². The summed E-state index contributed by atoms with van der Waals surface area (Å²) in [4.78, 5) is 57.6. The molecule has 0 aliphatic rings. The molecule has 0 radical (unpaired) electrons. The van der Waals surface area contributed by atoms with Crippen LogP contribution >= 0.6 is 0 Å². The number of nitrogens with two attached hydrogens (primary N) is 1. The molecular formula is C43H46N10O7. The van der Waals surface area contributed by atoms with Gasteiger partial charge < -0.3 is 40.4 Å². The zero-order valence-corrected chi connectivity index (χ0v) is 33.3. The summed E-state index contributed by atoms with van der Waals surface area (Å²) in [5.74, 6) is 1.05. The number of nitrogens with zero attached hydrogens (tertiary/aromatic N) is 7. The minimum absolute atomic E-state index is 0.00800. The third-order valence-corrected chi connectivity index (χ3v) is 9.15. The van der Waals surface area contributed by atoms with Gasteiger partial charge in [-0.3, -0.25) is 33.5 Å². The second-order valence-corrected chi connectivity index (χ2v) is 13.6. The molecule has 0 aliphatic heterocycles. The molecule has 6 rings (SSSR count). The van der Waals surface area contributed by atoms with Gasteiger partial charge in [0, 0.05) is 56.7 Å². The quantitative estimate of drug-likeness (QED) is 0.0978. The minimum Gasteiger partial charge on any atom is -0.493 e. The van der Waals surface area contributed by atoms with Crippen LogP contribution < -0.4 is 35.5 Å². The van der Waals surface area contributed by atoms with Crippen molar-refractivity contribution in [3.05, 3.63) is 133 Å². The van der Waals surface area contributed by atoms with E-state index in [0.717, 1.165) is 5.56 Å². The molecule has 310 valence electrons. The molecule has 0 unspecified atom stereocenters. The molecule has 0 saturated carbocycles. The summed E-state index contributed by atoms with van der Waals surface area (Å²) in [6.45, 7) is 1.33. The molecule has 3 heterocycles. The van der Waals surface area contributed by atoms with E-state index in [9.17, 15) is 19.2 Å². The van der Waals surface area contributed by atoms with Crippen LogP contribution in [0.2, 0.25) is 0 Å². The van der Waals surface area contributed by atoms with Crippen molar-refractivity contribution < 1.29 is 33.4 Å². The maximum Gasteiger partial charge on any atom is 0.259 e. The fraction of sp³-hybridized carbons (Fsp3) is 0.233. The zero-order valence-electron chi connectivity index (χ0n) is 33.3. The largest absolute Gasteiger partial charge is 0.493 e. The van der Waals surface area contributed by atoms with Gasteiger partial charge in [0.05, 0.1) is 55.5 Å². The Morgan fingerprint density at radius 1 is 0.683 bits per heavy atom. The van der Waals surface area contributed by atoms with Crippen molar-refractivity contribution in [2.24, 2.45) is 0 Å². The Labute approximate surface area is 346 Å². The number of pyridine rings is 1. The Morgan fingerprint density at radius 2 is 1.28 bits per heavy atom.